The van der Waals surface area contributed by atoms with Gasteiger partial charge < -0.3 is 14.6 Å². The largest absolute Gasteiger partial charge is 0.381 e. The van der Waals surface area contributed by atoms with E-state index in [4.69, 9.17) is 9.47 Å². The summed E-state index contributed by atoms with van der Waals surface area (Å²) in [5, 5.41) is 11.3. The van der Waals surface area contributed by atoms with Crippen LogP contribution >= 0.6 is 0 Å². The molecule has 1 aliphatic rings. The van der Waals surface area contributed by atoms with Gasteiger partial charge in [-0.1, -0.05) is 60.7 Å². The number of hydrogen-bond acceptors (Lipinski definition) is 3. The normalized spacial score (nSPS) is 20.9. The second-order valence-electron chi connectivity index (χ2n) is 6.22. The molecule has 1 unspecified atom stereocenters. The molecule has 1 atom stereocenters. The van der Waals surface area contributed by atoms with Crippen molar-refractivity contribution in [2.75, 3.05) is 14.2 Å². The van der Waals surface area contributed by atoms with E-state index in [-0.39, 0.29) is 0 Å². The monoisotopic (exact) mass is 324 g/mol. The average Bonchev–Trinajstić information content (AvgIpc) is 2.98. The van der Waals surface area contributed by atoms with Crippen molar-refractivity contribution in [3.05, 3.63) is 82.9 Å². The highest BCUT2D eigenvalue weighted by Crippen LogP contribution is 2.45. The molecule has 0 heterocycles. The van der Waals surface area contributed by atoms with Gasteiger partial charge in [0.25, 0.3) is 0 Å². The first-order chi connectivity index (χ1) is 11.6. The van der Waals surface area contributed by atoms with Crippen molar-refractivity contribution in [2.45, 2.75) is 31.2 Å². The number of methoxy groups -OCH3 is 2. The van der Waals surface area contributed by atoms with E-state index in [0.717, 1.165) is 28.7 Å². The molecule has 2 aromatic carbocycles. The second kappa shape index (κ2) is 6.52. The third-order valence-corrected chi connectivity index (χ3v) is 5.06. The van der Waals surface area contributed by atoms with E-state index < -0.39 is 11.4 Å². The summed E-state index contributed by atoms with van der Waals surface area (Å²) in [6, 6.07) is 17.7. The molecule has 126 valence electrons. The Morgan fingerprint density at radius 3 is 2.17 bits per heavy atom. The van der Waals surface area contributed by atoms with Gasteiger partial charge in [0.05, 0.1) is 0 Å². The smallest absolute Gasteiger partial charge is 0.222 e. The summed E-state index contributed by atoms with van der Waals surface area (Å²) in [5.74, 6) is -1.06. The fraction of sp³-hybridized carbons (Fsp3) is 0.333. The summed E-state index contributed by atoms with van der Waals surface area (Å²) >= 11 is 0. The van der Waals surface area contributed by atoms with Gasteiger partial charge in [-0.2, -0.15) is 0 Å². The molecular formula is C21H24O3. The molecule has 0 saturated heterocycles. The van der Waals surface area contributed by atoms with Crippen molar-refractivity contribution in [2.24, 2.45) is 0 Å². The molecule has 0 amide bonds. The number of hydrogen-bond donors (Lipinski definition) is 1. The van der Waals surface area contributed by atoms with Gasteiger partial charge in [-0.05, 0) is 30.9 Å². The Hall–Kier alpha value is -1.94. The number of aliphatic hydroxyl groups is 1. The van der Waals surface area contributed by atoms with E-state index in [2.05, 4.69) is 6.08 Å². The average molecular weight is 324 g/mol. The summed E-state index contributed by atoms with van der Waals surface area (Å²) in [5.41, 5.74) is 2.56. The number of ether oxygens (including phenoxy) is 2. The molecule has 0 radical (unpaired) electrons. The highest BCUT2D eigenvalue weighted by atomic mass is 16.7. The van der Waals surface area contributed by atoms with E-state index in [1.54, 1.807) is 14.2 Å². The third kappa shape index (κ3) is 2.49. The molecule has 3 heteroatoms. The third-order valence-electron chi connectivity index (χ3n) is 5.06. The fourth-order valence-electron chi connectivity index (χ4n) is 3.69. The van der Waals surface area contributed by atoms with Crippen LogP contribution in [0.15, 0.2) is 66.2 Å². The second-order valence-corrected chi connectivity index (χ2v) is 6.22. The minimum atomic E-state index is -1.06. The quantitative estimate of drug-likeness (QED) is 0.664. The van der Waals surface area contributed by atoms with Crippen LogP contribution < -0.4 is 0 Å². The van der Waals surface area contributed by atoms with Crippen LogP contribution in [0.2, 0.25) is 0 Å². The van der Waals surface area contributed by atoms with E-state index in [1.807, 2.05) is 61.5 Å². The van der Waals surface area contributed by atoms with Gasteiger partial charge in [0.15, 0.2) is 0 Å². The minimum Gasteiger partial charge on any atom is -0.381 e. The Labute approximate surface area is 143 Å². The van der Waals surface area contributed by atoms with E-state index in [1.165, 1.54) is 0 Å². The van der Waals surface area contributed by atoms with Crippen molar-refractivity contribution in [1.29, 1.82) is 0 Å². The van der Waals surface area contributed by atoms with Crippen LogP contribution in [0.4, 0.5) is 0 Å². The van der Waals surface area contributed by atoms with Gasteiger partial charge >= 0.3 is 0 Å². The molecule has 0 aliphatic heterocycles. The van der Waals surface area contributed by atoms with Gasteiger partial charge in [-0.25, -0.2) is 0 Å². The van der Waals surface area contributed by atoms with Crippen molar-refractivity contribution in [3.8, 4) is 0 Å². The van der Waals surface area contributed by atoms with Crippen LogP contribution in [0, 0.1) is 0 Å². The minimum absolute atomic E-state index is 0.675. The molecule has 1 N–H and O–H groups in total. The van der Waals surface area contributed by atoms with Crippen molar-refractivity contribution in [3.63, 3.8) is 0 Å². The Bertz CT molecular complexity index is 732. The molecule has 0 spiro atoms. The van der Waals surface area contributed by atoms with Crippen LogP contribution in [0.1, 0.15) is 36.5 Å². The molecule has 2 aromatic rings. The summed E-state index contributed by atoms with van der Waals surface area (Å²) < 4.78 is 11.8. The van der Waals surface area contributed by atoms with Crippen LogP contribution in [-0.4, -0.2) is 19.3 Å². The first kappa shape index (κ1) is 16.9. The Morgan fingerprint density at radius 2 is 1.58 bits per heavy atom. The predicted molar refractivity (Wildman–Crippen MR) is 94.6 cm³/mol. The van der Waals surface area contributed by atoms with Gasteiger partial charge in [0.1, 0.15) is 5.60 Å². The summed E-state index contributed by atoms with van der Waals surface area (Å²) in [7, 11) is 3.27. The van der Waals surface area contributed by atoms with Crippen LogP contribution in [0.3, 0.4) is 0 Å². The first-order valence-corrected chi connectivity index (χ1v) is 8.24. The van der Waals surface area contributed by atoms with Crippen molar-refractivity contribution in [1.82, 2.24) is 0 Å². The molecule has 0 fully saturated rings. The molecule has 0 saturated carbocycles. The topological polar surface area (TPSA) is 38.7 Å². The maximum atomic E-state index is 11.3. The Balaban J connectivity index is 2.23. The lowest BCUT2D eigenvalue weighted by molar-refractivity contribution is -0.185. The number of benzene rings is 2. The highest BCUT2D eigenvalue weighted by molar-refractivity contribution is 5.46. The summed E-state index contributed by atoms with van der Waals surface area (Å²) in [6.07, 6.45) is 3.64. The van der Waals surface area contributed by atoms with Gasteiger partial charge in [0, 0.05) is 25.3 Å². The lowest BCUT2D eigenvalue weighted by atomic mass is 9.81. The van der Waals surface area contributed by atoms with Crippen LogP contribution in [0.5, 0.6) is 0 Å². The molecule has 24 heavy (non-hydrogen) atoms. The summed E-state index contributed by atoms with van der Waals surface area (Å²) in [4.78, 5) is 0. The zero-order valence-electron chi connectivity index (χ0n) is 14.5. The zero-order chi connectivity index (χ0) is 17.2. The van der Waals surface area contributed by atoms with Crippen LogP contribution in [-0.2, 0) is 20.9 Å². The van der Waals surface area contributed by atoms with Crippen molar-refractivity contribution < 1.29 is 14.6 Å². The van der Waals surface area contributed by atoms with Crippen LogP contribution in [0.25, 0.3) is 0 Å². The molecule has 0 bridgehead atoms. The standard InChI is InChI=1S/C21H24O3/c1-16-10-9-15-20(16,22)18-13-7-8-14-19(18)21(23-2,24-3)17-11-5-4-6-12-17/h4-8,10-14,22H,9,15H2,1-3H3. The van der Waals surface area contributed by atoms with E-state index >= 15 is 0 Å². The van der Waals surface area contributed by atoms with Gasteiger partial charge in [0.2, 0.25) is 5.79 Å². The number of allylic oxidation sites excluding steroid dienone is 1. The maximum absolute atomic E-state index is 11.3. The highest BCUT2D eigenvalue weighted by Gasteiger charge is 2.43. The van der Waals surface area contributed by atoms with Gasteiger partial charge in [-0.3, -0.25) is 0 Å². The van der Waals surface area contributed by atoms with Gasteiger partial charge in [-0.15, -0.1) is 0 Å². The zero-order valence-corrected chi connectivity index (χ0v) is 14.5. The van der Waals surface area contributed by atoms with Crippen molar-refractivity contribution >= 4 is 0 Å². The molecule has 1 aliphatic carbocycles. The molecule has 0 aromatic heterocycles. The Kier molecular flexibility index (Phi) is 4.59. The lowest BCUT2D eigenvalue weighted by Crippen LogP contribution is -2.37. The summed E-state index contributed by atoms with van der Waals surface area (Å²) in [6.45, 7) is 1.98. The molecular weight excluding hydrogens is 300 g/mol. The SMILES string of the molecule is COC(OC)(c1ccccc1)c1ccccc1C1(O)CCC=C1C. The fourth-order valence-corrected chi connectivity index (χ4v) is 3.69. The Morgan fingerprint density at radius 1 is 0.958 bits per heavy atom. The predicted octanol–water partition coefficient (Wildman–Crippen LogP) is 4.11. The molecule has 3 rings (SSSR count). The maximum Gasteiger partial charge on any atom is 0.222 e. The lowest BCUT2D eigenvalue weighted by Gasteiger charge is -2.37. The first-order valence-electron chi connectivity index (χ1n) is 8.24. The van der Waals surface area contributed by atoms with E-state index in [9.17, 15) is 5.11 Å². The number of rotatable bonds is 5. The van der Waals surface area contributed by atoms with E-state index in [0.29, 0.717) is 6.42 Å². The molecule has 3 nitrogen and oxygen atoms in total.